The first-order valence-electron chi connectivity index (χ1n) is 10.2. The van der Waals surface area contributed by atoms with Gasteiger partial charge >= 0.3 is 0 Å². The van der Waals surface area contributed by atoms with Crippen molar-refractivity contribution < 1.29 is 19.0 Å². The maximum Gasteiger partial charge on any atom is 0.205 e. The molecule has 1 aromatic heterocycles. The van der Waals surface area contributed by atoms with Gasteiger partial charge in [0.2, 0.25) is 5.78 Å². The number of ether oxygens (including phenoxy) is 1. The third-order valence-electron chi connectivity index (χ3n) is 5.00. The molecule has 0 saturated carbocycles. The Kier molecular flexibility index (Phi) is 6.74. The quantitative estimate of drug-likeness (QED) is 0.235. The van der Waals surface area contributed by atoms with Gasteiger partial charge in [0.05, 0.1) is 9.90 Å². The normalized spacial score (nSPS) is 11.1. The summed E-state index contributed by atoms with van der Waals surface area (Å²) < 4.78 is 20.0. The van der Waals surface area contributed by atoms with E-state index in [1.807, 2.05) is 31.2 Å². The van der Waals surface area contributed by atoms with E-state index in [0.717, 1.165) is 46.1 Å². The van der Waals surface area contributed by atoms with Crippen molar-refractivity contribution >= 4 is 38.8 Å². The molecule has 0 radical (unpaired) electrons. The second-order valence-corrected chi connectivity index (χ2v) is 8.63. The molecule has 4 aromatic rings. The Balaban J connectivity index is 1.75. The molecule has 0 aliphatic heterocycles. The minimum atomic E-state index is -0.502. The summed E-state index contributed by atoms with van der Waals surface area (Å²) in [6, 6.07) is 16.3. The van der Waals surface area contributed by atoms with E-state index in [2.05, 4.69) is 5.32 Å². The molecule has 0 unspecified atom stereocenters. The number of phenols is 1. The monoisotopic (exact) mass is 469 g/mol. The number of fused-ring (bicyclic) bond motifs is 1. The van der Waals surface area contributed by atoms with Crippen LogP contribution in [-0.2, 0) is 0 Å². The van der Waals surface area contributed by atoms with Gasteiger partial charge in [-0.3, -0.25) is 4.79 Å². The van der Waals surface area contributed by atoms with Crippen LogP contribution in [0.4, 0.5) is 4.39 Å². The number of aromatic hydroxyl groups is 1. The Morgan fingerprint density at radius 1 is 1.12 bits per heavy atom. The van der Waals surface area contributed by atoms with Gasteiger partial charge < -0.3 is 15.2 Å². The number of hydrogen-bond acceptors (Lipinski definition) is 5. The number of rotatable bonds is 8. The second kappa shape index (κ2) is 9.69. The van der Waals surface area contributed by atoms with Crippen molar-refractivity contribution in [3.8, 4) is 22.6 Å². The predicted octanol–water partition coefficient (Wildman–Crippen LogP) is 6.29. The molecule has 7 heteroatoms. The highest BCUT2D eigenvalue weighted by Gasteiger charge is 2.23. The van der Waals surface area contributed by atoms with Gasteiger partial charge in [-0.05, 0) is 60.6 Å². The number of nitrogens with one attached hydrogen (secondary N) is 1. The van der Waals surface area contributed by atoms with Gasteiger partial charge in [-0.2, -0.15) is 0 Å². The molecule has 0 aliphatic carbocycles. The van der Waals surface area contributed by atoms with E-state index >= 15 is 0 Å². The van der Waals surface area contributed by atoms with Crippen LogP contribution >= 0.6 is 22.9 Å². The van der Waals surface area contributed by atoms with E-state index in [-0.39, 0.29) is 22.1 Å². The van der Waals surface area contributed by atoms with Crippen molar-refractivity contribution in [1.82, 2.24) is 5.32 Å². The third kappa shape index (κ3) is 4.63. The topological polar surface area (TPSA) is 58.6 Å². The summed E-state index contributed by atoms with van der Waals surface area (Å²) in [6.45, 7) is 4.24. The van der Waals surface area contributed by atoms with E-state index in [1.165, 1.54) is 23.5 Å². The van der Waals surface area contributed by atoms with Crippen LogP contribution in [0, 0.1) is 5.82 Å². The number of ketones is 1. The molecule has 0 atom stereocenters. The summed E-state index contributed by atoms with van der Waals surface area (Å²) >= 11 is 7.44. The smallest absolute Gasteiger partial charge is 0.205 e. The van der Waals surface area contributed by atoms with Gasteiger partial charge in [0.1, 0.15) is 23.9 Å². The molecule has 0 aliphatic rings. The fourth-order valence-corrected chi connectivity index (χ4v) is 4.93. The van der Waals surface area contributed by atoms with Crippen molar-refractivity contribution in [1.29, 1.82) is 0 Å². The van der Waals surface area contributed by atoms with Gasteiger partial charge in [-0.25, -0.2) is 4.39 Å². The first-order valence-corrected chi connectivity index (χ1v) is 11.4. The highest BCUT2D eigenvalue weighted by molar-refractivity contribution is 7.21. The van der Waals surface area contributed by atoms with Crippen molar-refractivity contribution in [3.05, 3.63) is 81.9 Å². The molecule has 0 amide bonds. The molecule has 1 heterocycles. The first kappa shape index (κ1) is 22.3. The van der Waals surface area contributed by atoms with Gasteiger partial charge in [-0.1, -0.05) is 30.7 Å². The number of likely N-dealkylation sites (N-methyl/N-ethyl adjacent to an activating group) is 1. The van der Waals surface area contributed by atoms with Gasteiger partial charge in [0.25, 0.3) is 0 Å². The molecule has 3 aromatic carbocycles. The van der Waals surface area contributed by atoms with Crippen LogP contribution in [0.25, 0.3) is 21.2 Å². The fourth-order valence-electron chi connectivity index (χ4n) is 3.46. The summed E-state index contributed by atoms with van der Waals surface area (Å²) in [5.74, 6) is 0.0567. The maximum absolute atomic E-state index is 13.5. The van der Waals surface area contributed by atoms with Crippen molar-refractivity contribution in [2.75, 3.05) is 19.7 Å². The van der Waals surface area contributed by atoms with Gasteiger partial charge in [-0.15, -0.1) is 11.3 Å². The van der Waals surface area contributed by atoms with E-state index < -0.39 is 5.82 Å². The summed E-state index contributed by atoms with van der Waals surface area (Å²) in [5, 5.41) is 14.0. The fraction of sp³-hybridized carbons (Fsp3) is 0.160. The highest BCUT2D eigenvalue weighted by Crippen LogP contribution is 2.42. The minimum Gasteiger partial charge on any atom is -0.508 e. The Labute approximate surface area is 194 Å². The standard InChI is InChI=1S/C25H21ClFNO3S/c1-2-28-11-12-31-18-7-3-15(4-8-18)23-20-10-6-17(29)14-22(20)32-25(23)24(30)19-9-5-16(27)13-21(19)26/h3-10,13-14,28-29H,2,11-12H2,1H3. The number of thiophene rings is 1. The lowest BCUT2D eigenvalue weighted by Crippen LogP contribution is -2.20. The van der Waals surface area contributed by atoms with Crippen LogP contribution in [0.5, 0.6) is 11.5 Å². The number of benzene rings is 3. The average Bonchev–Trinajstić information content (AvgIpc) is 3.15. The molecule has 2 N–H and O–H groups in total. The van der Waals surface area contributed by atoms with Crippen LogP contribution in [0.3, 0.4) is 0 Å². The van der Waals surface area contributed by atoms with Crippen LogP contribution in [0.2, 0.25) is 5.02 Å². The van der Waals surface area contributed by atoms with E-state index in [9.17, 15) is 14.3 Å². The first-order chi connectivity index (χ1) is 15.5. The number of carbonyl (C=O) groups excluding carboxylic acids is 1. The summed E-state index contributed by atoms with van der Waals surface area (Å²) in [5.41, 5.74) is 1.81. The Morgan fingerprint density at radius 3 is 2.62 bits per heavy atom. The molecule has 4 rings (SSSR count). The van der Waals surface area contributed by atoms with E-state index in [1.54, 1.807) is 18.2 Å². The van der Waals surface area contributed by atoms with E-state index in [4.69, 9.17) is 16.3 Å². The van der Waals surface area contributed by atoms with Crippen molar-refractivity contribution in [2.24, 2.45) is 0 Å². The van der Waals surface area contributed by atoms with Crippen molar-refractivity contribution in [2.45, 2.75) is 6.92 Å². The van der Waals surface area contributed by atoms with Crippen LogP contribution in [0.1, 0.15) is 22.2 Å². The predicted molar refractivity (Wildman–Crippen MR) is 128 cm³/mol. The largest absolute Gasteiger partial charge is 0.508 e. The number of carbonyl (C=O) groups is 1. The molecular weight excluding hydrogens is 449 g/mol. The van der Waals surface area contributed by atoms with E-state index in [0.29, 0.717) is 11.5 Å². The van der Waals surface area contributed by atoms with Crippen molar-refractivity contribution in [3.63, 3.8) is 0 Å². The summed E-state index contributed by atoms with van der Waals surface area (Å²) in [4.78, 5) is 13.9. The van der Waals surface area contributed by atoms with Crippen LogP contribution < -0.4 is 10.1 Å². The molecule has 4 nitrogen and oxygen atoms in total. The Bertz CT molecular complexity index is 1270. The molecule has 0 fully saturated rings. The maximum atomic E-state index is 13.5. The van der Waals surface area contributed by atoms with Crippen LogP contribution in [-0.4, -0.2) is 30.6 Å². The Hall–Kier alpha value is -2.93. The highest BCUT2D eigenvalue weighted by atomic mass is 35.5. The van der Waals surface area contributed by atoms with Gasteiger partial charge in [0, 0.05) is 27.8 Å². The molecule has 0 bridgehead atoms. The zero-order valence-corrected chi connectivity index (χ0v) is 18.9. The third-order valence-corrected chi connectivity index (χ3v) is 6.46. The molecule has 0 spiro atoms. The molecule has 32 heavy (non-hydrogen) atoms. The summed E-state index contributed by atoms with van der Waals surface area (Å²) in [6.07, 6.45) is 0. The number of phenolic OH excluding ortho intramolecular Hbond substituents is 1. The number of halogens is 2. The number of hydrogen-bond donors (Lipinski definition) is 2. The average molecular weight is 470 g/mol. The zero-order valence-electron chi connectivity index (χ0n) is 17.3. The molecular formula is C25H21ClFNO3S. The lowest BCUT2D eigenvalue weighted by Gasteiger charge is -2.09. The summed E-state index contributed by atoms with van der Waals surface area (Å²) in [7, 11) is 0. The lowest BCUT2D eigenvalue weighted by molar-refractivity contribution is 0.104. The lowest BCUT2D eigenvalue weighted by atomic mass is 9.98. The minimum absolute atomic E-state index is 0.0608. The van der Waals surface area contributed by atoms with Gasteiger partial charge in [0.15, 0.2) is 0 Å². The SMILES string of the molecule is CCNCCOc1ccc(-c2c(C(=O)c3ccc(F)cc3Cl)sc3cc(O)ccc23)cc1. The van der Waals surface area contributed by atoms with Crippen LogP contribution in [0.15, 0.2) is 60.7 Å². The zero-order chi connectivity index (χ0) is 22.7. The molecule has 164 valence electrons. The second-order valence-electron chi connectivity index (χ2n) is 7.17. The molecule has 0 saturated heterocycles. The Morgan fingerprint density at radius 2 is 1.91 bits per heavy atom.